The van der Waals surface area contributed by atoms with Gasteiger partial charge in [-0.1, -0.05) is 30.3 Å². The first-order valence-electron chi connectivity index (χ1n) is 9.51. The van der Waals surface area contributed by atoms with Crippen molar-refractivity contribution in [2.75, 3.05) is 32.6 Å². The molecular weight excluding hydrogens is 384 g/mol. The summed E-state index contributed by atoms with van der Waals surface area (Å²) >= 11 is 1.67. The highest BCUT2D eigenvalue weighted by molar-refractivity contribution is 7.13. The minimum Gasteiger partial charge on any atom is -0.493 e. The third-order valence-corrected chi connectivity index (χ3v) is 5.14. The molecule has 29 heavy (non-hydrogen) atoms. The first kappa shape index (κ1) is 20.7. The lowest BCUT2D eigenvalue weighted by Gasteiger charge is -2.14. The Kier molecular flexibility index (Phi) is 7.47. The van der Waals surface area contributed by atoms with E-state index in [4.69, 9.17) is 14.5 Å². The molecule has 0 spiro atoms. The van der Waals surface area contributed by atoms with Gasteiger partial charge in [-0.05, 0) is 19.1 Å². The molecule has 2 N–H and O–H groups in total. The van der Waals surface area contributed by atoms with Crippen LogP contribution in [0.2, 0.25) is 0 Å². The van der Waals surface area contributed by atoms with Crippen LogP contribution >= 0.6 is 11.3 Å². The number of thiazole rings is 1. The summed E-state index contributed by atoms with van der Waals surface area (Å²) < 4.78 is 11.0. The van der Waals surface area contributed by atoms with Gasteiger partial charge in [-0.2, -0.15) is 0 Å². The van der Waals surface area contributed by atoms with Gasteiger partial charge < -0.3 is 20.1 Å². The number of ether oxygens (including phenoxy) is 2. The molecule has 2 aromatic carbocycles. The largest absolute Gasteiger partial charge is 0.493 e. The first-order chi connectivity index (χ1) is 14.2. The molecule has 0 atom stereocenters. The summed E-state index contributed by atoms with van der Waals surface area (Å²) in [4.78, 5) is 9.01. The number of aromatic nitrogens is 1. The maximum Gasteiger partial charge on any atom is 0.195 e. The Hall–Kier alpha value is -3.06. The van der Waals surface area contributed by atoms with Crippen molar-refractivity contribution in [3.8, 4) is 22.1 Å². The summed E-state index contributed by atoms with van der Waals surface area (Å²) in [5, 5.41) is 9.75. The van der Waals surface area contributed by atoms with Gasteiger partial charge in [0.15, 0.2) is 17.5 Å². The first-order valence-corrected chi connectivity index (χ1v) is 10.4. The van der Waals surface area contributed by atoms with Crippen molar-refractivity contribution in [1.29, 1.82) is 0 Å². The van der Waals surface area contributed by atoms with E-state index < -0.39 is 0 Å². The molecule has 1 heterocycles. The van der Waals surface area contributed by atoms with Crippen LogP contribution in [0.15, 0.2) is 58.9 Å². The van der Waals surface area contributed by atoms with E-state index in [0.717, 1.165) is 40.7 Å². The normalized spacial score (nSPS) is 11.2. The van der Waals surface area contributed by atoms with Crippen molar-refractivity contribution in [3.63, 3.8) is 0 Å². The average Bonchev–Trinajstić information content (AvgIpc) is 3.23. The molecule has 0 amide bonds. The van der Waals surface area contributed by atoms with Crippen LogP contribution in [0.25, 0.3) is 10.6 Å². The number of hydrogen-bond acceptors (Lipinski definition) is 5. The average molecular weight is 411 g/mol. The zero-order chi connectivity index (χ0) is 20.5. The number of nitrogens with zero attached hydrogens (tertiary/aromatic N) is 2. The quantitative estimate of drug-likeness (QED) is 0.424. The lowest BCUT2D eigenvalue weighted by Crippen LogP contribution is -2.32. The molecule has 152 valence electrons. The van der Waals surface area contributed by atoms with Crippen LogP contribution in [-0.2, 0) is 6.42 Å². The number of benzene rings is 2. The Morgan fingerprint density at radius 2 is 1.97 bits per heavy atom. The smallest absolute Gasteiger partial charge is 0.195 e. The van der Waals surface area contributed by atoms with E-state index in [9.17, 15) is 0 Å². The Labute approximate surface area is 175 Å². The number of hydrogen-bond donors (Lipinski definition) is 2. The van der Waals surface area contributed by atoms with E-state index in [2.05, 4.69) is 33.1 Å². The number of aliphatic imine (C=N–C) groups is 1. The third-order valence-electron chi connectivity index (χ3n) is 4.20. The fourth-order valence-corrected chi connectivity index (χ4v) is 3.64. The van der Waals surface area contributed by atoms with Crippen LogP contribution in [0.4, 0.5) is 5.69 Å². The summed E-state index contributed by atoms with van der Waals surface area (Å²) in [6, 6.07) is 16.0. The molecule has 0 saturated heterocycles. The Morgan fingerprint density at radius 3 is 2.69 bits per heavy atom. The van der Waals surface area contributed by atoms with E-state index in [1.165, 1.54) is 0 Å². The molecule has 7 heteroatoms. The number of rotatable bonds is 8. The summed E-state index contributed by atoms with van der Waals surface area (Å²) in [7, 11) is 3.38. The second kappa shape index (κ2) is 10.5. The Bertz CT molecular complexity index is 941. The maximum absolute atomic E-state index is 5.56. The molecule has 0 aliphatic rings. The predicted molar refractivity (Wildman–Crippen MR) is 120 cm³/mol. The summed E-state index contributed by atoms with van der Waals surface area (Å²) in [6.45, 7) is 3.27. The van der Waals surface area contributed by atoms with Gasteiger partial charge in [0.05, 0.1) is 19.4 Å². The summed E-state index contributed by atoms with van der Waals surface area (Å²) in [5.41, 5.74) is 3.09. The van der Waals surface area contributed by atoms with Crippen molar-refractivity contribution in [2.24, 2.45) is 4.99 Å². The third kappa shape index (κ3) is 5.71. The monoisotopic (exact) mass is 410 g/mol. The molecule has 0 unspecified atom stereocenters. The van der Waals surface area contributed by atoms with Crippen molar-refractivity contribution in [2.45, 2.75) is 13.3 Å². The molecule has 1 aromatic heterocycles. The molecule has 0 aliphatic carbocycles. The Morgan fingerprint density at radius 1 is 1.14 bits per heavy atom. The molecule has 3 rings (SSSR count). The standard InChI is InChI=1S/C22H26N4O2S/c1-4-28-19-11-10-17(14-20(19)27-3)26-22(23-2)24-13-12-18-15-29-21(25-18)16-8-6-5-7-9-16/h5-11,14-15H,4,12-13H2,1-3H3,(H2,23,24,26). The van der Waals surface area contributed by atoms with E-state index in [-0.39, 0.29) is 0 Å². The van der Waals surface area contributed by atoms with E-state index in [0.29, 0.717) is 18.3 Å². The summed E-state index contributed by atoms with van der Waals surface area (Å²) in [5.74, 6) is 2.10. The lowest BCUT2D eigenvalue weighted by atomic mass is 10.2. The van der Waals surface area contributed by atoms with Crippen molar-refractivity contribution in [1.82, 2.24) is 10.3 Å². The van der Waals surface area contributed by atoms with Crippen LogP contribution in [0.1, 0.15) is 12.6 Å². The maximum atomic E-state index is 5.56. The van der Waals surface area contributed by atoms with Crippen LogP contribution in [-0.4, -0.2) is 38.3 Å². The van der Waals surface area contributed by atoms with Gasteiger partial charge in [-0.25, -0.2) is 4.98 Å². The molecule has 3 aromatic rings. The predicted octanol–water partition coefficient (Wildman–Crippen LogP) is 4.45. The van der Waals surface area contributed by atoms with Gasteiger partial charge in [-0.3, -0.25) is 4.99 Å². The lowest BCUT2D eigenvalue weighted by molar-refractivity contribution is 0.311. The minimum atomic E-state index is 0.592. The number of methoxy groups -OCH3 is 1. The molecule has 6 nitrogen and oxygen atoms in total. The van der Waals surface area contributed by atoms with Crippen molar-refractivity contribution < 1.29 is 9.47 Å². The zero-order valence-electron chi connectivity index (χ0n) is 16.9. The summed E-state index contributed by atoms with van der Waals surface area (Å²) in [6.07, 6.45) is 0.816. The molecule has 0 aliphatic heterocycles. The number of guanidine groups is 1. The number of anilines is 1. The fraction of sp³-hybridized carbons (Fsp3) is 0.273. The van der Waals surface area contributed by atoms with E-state index in [1.807, 2.05) is 43.3 Å². The van der Waals surface area contributed by atoms with Crippen LogP contribution in [0.3, 0.4) is 0 Å². The van der Waals surface area contributed by atoms with Gasteiger partial charge in [-0.15, -0.1) is 11.3 Å². The highest BCUT2D eigenvalue weighted by Crippen LogP contribution is 2.30. The molecule has 0 saturated carbocycles. The SMILES string of the molecule is CCOc1ccc(NC(=NC)NCCc2csc(-c3ccccc3)n2)cc1OC. The van der Waals surface area contributed by atoms with Crippen LogP contribution in [0.5, 0.6) is 11.5 Å². The molecule has 0 radical (unpaired) electrons. The van der Waals surface area contributed by atoms with Gasteiger partial charge >= 0.3 is 0 Å². The zero-order valence-corrected chi connectivity index (χ0v) is 17.8. The topological polar surface area (TPSA) is 67.8 Å². The number of nitrogens with one attached hydrogen (secondary N) is 2. The van der Waals surface area contributed by atoms with Gasteiger partial charge in [0, 0.05) is 42.7 Å². The Balaban J connectivity index is 1.54. The minimum absolute atomic E-state index is 0.592. The highest BCUT2D eigenvalue weighted by Gasteiger charge is 2.08. The van der Waals surface area contributed by atoms with E-state index in [1.54, 1.807) is 25.5 Å². The van der Waals surface area contributed by atoms with Gasteiger partial charge in [0.1, 0.15) is 5.01 Å². The van der Waals surface area contributed by atoms with Crippen LogP contribution < -0.4 is 20.1 Å². The second-order valence-corrected chi connectivity index (χ2v) is 7.04. The van der Waals surface area contributed by atoms with Crippen molar-refractivity contribution >= 4 is 23.0 Å². The molecule has 0 bridgehead atoms. The second-order valence-electron chi connectivity index (χ2n) is 6.18. The van der Waals surface area contributed by atoms with Crippen molar-refractivity contribution in [3.05, 3.63) is 59.6 Å². The highest BCUT2D eigenvalue weighted by atomic mass is 32.1. The molecule has 0 fully saturated rings. The molecular formula is C22H26N4O2S. The van der Waals surface area contributed by atoms with E-state index >= 15 is 0 Å². The van der Waals surface area contributed by atoms with Crippen LogP contribution in [0, 0.1) is 0 Å². The van der Waals surface area contributed by atoms with Gasteiger partial charge in [0.25, 0.3) is 0 Å². The fourth-order valence-electron chi connectivity index (χ4n) is 2.78. The van der Waals surface area contributed by atoms with Gasteiger partial charge in [0.2, 0.25) is 0 Å².